The van der Waals surface area contributed by atoms with E-state index in [2.05, 4.69) is 11.9 Å². The van der Waals surface area contributed by atoms with Crippen LogP contribution in [0.4, 0.5) is 0 Å². The topological polar surface area (TPSA) is 63.4 Å². The van der Waals surface area contributed by atoms with Crippen LogP contribution in [0.3, 0.4) is 0 Å². The number of hydrogen-bond acceptors (Lipinski definition) is 4. The van der Waals surface area contributed by atoms with Gasteiger partial charge in [-0.15, -0.1) is 0 Å². The number of piperidine rings is 1. The second-order valence-electron chi connectivity index (χ2n) is 5.47. The van der Waals surface area contributed by atoms with Crippen LogP contribution in [0.25, 0.3) is 0 Å². The lowest BCUT2D eigenvalue weighted by atomic mass is 9.93. The summed E-state index contributed by atoms with van der Waals surface area (Å²) < 4.78 is 32.7. The summed E-state index contributed by atoms with van der Waals surface area (Å²) in [5.41, 5.74) is 0. The van der Waals surface area contributed by atoms with Crippen LogP contribution >= 0.6 is 0 Å². The van der Waals surface area contributed by atoms with Crippen LogP contribution in [0.5, 0.6) is 0 Å². The van der Waals surface area contributed by atoms with Crippen molar-refractivity contribution in [1.29, 1.82) is 0 Å². The van der Waals surface area contributed by atoms with Crippen molar-refractivity contribution >= 4 is 10.0 Å². The van der Waals surface area contributed by atoms with Gasteiger partial charge in [0, 0.05) is 18.9 Å². The molecule has 2 aromatic rings. The van der Waals surface area contributed by atoms with E-state index in [9.17, 15) is 8.42 Å². The maximum atomic E-state index is 12.8. The molecule has 0 aromatic carbocycles. The Hall–Kier alpha value is -1.66. The van der Waals surface area contributed by atoms with Crippen molar-refractivity contribution in [3.8, 4) is 0 Å². The van der Waals surface area contributed by atoms with Crippen LogP contribution in [-0.2, 0) is 10.0 Å². The molecule has 1 aliphatic heterocycles. The summed E-state index contributed by atoms with van der Waals surface area (Å²) in [6.45, 7) is 2.65. The van der Waals surface area contributed by atoms with E-state index in [0.717, 1.165) is 12.8 Å². The zero-order chi connectivity index (χ0) is 14.9. The largest absolute Gasteiger partial charge is 0.468 e. The number of aromatic nitrogens is 1. The van der Waals surface area contributed by atoms with Gasteiger partial charge in [-0.1, -0.05) is 6.92 Å². The maximum Gasteiger partial charge on any atom is 0.245 e. The third-order valence-electron chi connectivity index (χ3n) is 3.93. The molecule has 0 N–H and O–H groups in total. The van der Waals surface area contributed by atoms with Gasteiger partial charge >= 0.3 is 0 Å². The van der Waals surface area contributed by atoms with Crippen molar-refractivity contribution in [3.05, 3.63) is 48.7 Å². The van der Waals surface area contributed by atoms with Crippen LogP contribution < -0.4 is 0 Å². The third-order valence-corrected chi connectivity index (χ3v) is 5.82. The predicted molar refractivity (Wildman–Crippen MR) is 78.0 cm³/mol. The van der Waals surface area contributed by atoms with Crippen molar-refractivity contribution in [2.45, 2.75) is 30.7 Å². The number of rotatable bonds is 3. The first-order valence-corrected chi connectivity index (χ1v) is 8.48. The van der Waals surface area contributed by atoms with Gasteiger partial charge in [0.25, 0.3) is 0 Å². The molecule has 0 aliphatic carbocycles. The highest BCUT2D eigenvalue weighted by Crippen LogP contribution is 2.37. The van der Waals surface area contributed by atoms with Crippen molar-refractivity contribution < 1.29 is 12.8 Å². The van der Waals surface area contributed by atoms with E-state index in [-0.39, 0.29) is 10.9 Å². The fourth-order valence-corrected chi connectivity index (χ4v) is 4.37. The van der Waals surface area contributed by atoms with E-state index >= 15 is 0 Å². The van der Waals surface area contributed by atoms with Crippen LogP contribution in [0.15, 0.2) is 52.2 Å². The minimum Gasteiger partial charge on any atom is -0.468 e. The summed E-state index contributed by atoms with van der Waals surface area (Å²) in [5, 5.41) is 0. The Morgan fingerprint density at radius 3 is 2.86 bits per heavy atom. The van der Waals surface area contributed by atoms with Gasteiger partial charge in [-0.3, -0.25) is 4.98 Å². The van der Waals surface area contributed by atoms with E-state index in [1.807, 2.05) is 6.07 Å². The van der Waals surface area contributed by atoms with E-state index in [4.69, 9.17) is 4.42 Å². The zero-order valence-electron chi connectivity index (χ0n) is 11.8. The molecule has 0 unspecified atom stereocenters. The van der Waals surface area contributed by atoms with Gasteiger partial charge in [-0.2, -0.15) is 4.31 Å². The summed E-state index contributed by atoms with van der Waals surface area (Å²) in [4.78, 5) is 4.15. The first-order chi connectivity index (χ1) is 10.1. The first-order valence-electron chi connectivity index (χ1n) is 7.04. The van der Waals surface area contributed by atoms with E-state index in [0.29, 0.717) is 18.2 Å². The van der Waals surface area contributed by atoms with Gasteiger partial charge in [0.15, 0.2) is 0 Å². The molecule has 3 rings (SSSR count). The van der Waals surface area contributed by atoms with E-state index < -0.39 is 10.0 Å². The molecule has 1 saturated heterocycles. The van der Waals surface area contributed by atoms with E-state index in [1.165, 1.54) is 6.20 Å². The molecular weight excluding hydrogens is 288 g/mol. The molecule has 5 nitrogen and oxygen atoms in total. The van der Waals surface area contributed by atoms with Gasteiger partial charge in [-0.05, 0) is 43.0 Å². The lowest BCUT2D eigenvalue weighted by Gasteiger charge is -2.36. The zero-order valence-corrected chi connectivity index (χ0v) is 12.7. The Kier molecular flexibility index (Phi) is 3.82. The van der Waals surface area contributed by atoms with Gasteiger partial charge in [-0.25, -0.2) is 8.42 Å². The summed E-state index contributed by atoms with van der Waals surface area (Å²) in [6, 6.07) is 6.62. The molecule has 0 spiro atoms. The van der Waals surface area contributed by atoms with Crippen LogP contribution in [0, 0.1) is 5.92 Å². The molecule has 0 saturated carbocycles. The fraction of sp³-hybridized carbons (Fsp3) is 0.400. The molecule has 0 bridgehead atoms. The highest BCUT2D eigenvalue weighted by Gasteiger charge is 2.37. The lowest BCUT2D eigenvalue weighted by molar-refractivity contribution is 0.185. The number of furan rings is 1. The number of nitrogens with zero attached hydrogens (tertiary/aromatic N) is 2. The smallest absolute Gasteiger partial charge is 0.245 e. The van der Waals surface area contributed by atoms with Gasteiger partial charge in [0.1, 0.15) is 10.7 Å². The Bertz CT molecular complexity index is 683. The van der Waals surface area contributed by atoms with Gasteiger partial charge in [0.05, 0.1) is 12.3 Å². The molecule has 2 atom stereocenters. The van der Waals surface area contributed by atoms with Crippen molar-refractivity contribution in [1.82, 2.24) is 9.29 Å². The molecule has 1 aliphatic rings. The SMILES string of the molecule is C[C@@H]1CCN(S(=O)(=O)c2cccnc2)[C@H](c2ccco2)C1. The minimum atomic E-state index is -3.55. The Labute approximate surface area is 124 Å². The number of hydrogen-bond donors (Lipinski definition) is 0. The molecule has 21 heavy (non-hydrogen) atoms. The number of sulfonamides is 1. The Morgan fingerprint density at radius 2 is 2.19 bits per heavy atom. The van der Waals surface area contributed by atoms with Crippen LogP contribution in [0.1, 0.15) is 31.6 Å². The molecule has 3 heterocycles. The van der Waals surface area contributed by atoms with E-state index in [1.54, 1.807) is 35.0 Å². The molecule has 1 fully saturated rings. The first kappa shape index (κ1) is 14.3. The Balaban J connectivity index is 1.99. The predicted octanol–water partition coefficient (Wildman–Crippen LogP) is 2.84. The van der Waals surface area contributed by atoms with Crippen molar-refractivity contribution in [3.63, 3.8) is 0 Å². The second-order valence-corrected chi connectivity index (χ2v) is 7.36. The maximum absolute atomic E-state index is 12.8. The monoisotopic (exact) mass is 306 g/mol. The molecule has 0 radical (unpaired) electrons. The van der Waals surface area contributed by atoms with Crippen LogP contribution in [0.2, 0.25) is 0 Å². The molecular formula is C15H18N2O3S. The van der Waals surface area contributed by atoms with Gasteiger partial charge in [0.2, 0.25) is 10.0 Å². The lowest BCUT2D eigenvalue weighted by Crippen LogP contribution is -2.40. The van der Waals surface area contributed by atoms with Crippen LogP contribution in [-0.4, -0.2) is 24.3 Å². The standard InChI is InChI=1S/C15H18N2O3S/c1-12-6-8-17(14(10-12)15-5-3-9-20-15)21(18,19)13-4-2-7-16-11-13/h2-5,7,9,11-12,14H,6,8,10H2,1H3/t12-,14+/m1/s1. The number of pyridine rings is 1. The average Bonchev–Trinajstić information content (AvgIpc) is 3.02. The highest BCUT2D eigenvalue weighted by molar-refractivity contribution is 7.89. The minimum absolute atomic E-state index is 0.233. The third kappa shape index (κ3) is 2.73. The highest BCUT2D eigenvalue weighted by atomic mass is 32.2. The summed E-state index contributed by atoms with van der Waals surface area (Å²) in [6.07, 6.45) is 6.18. The average molecular weight is 306 g/mol. The normalized spacial score (nSPS) is 24.0. The summed E-state index contributed by atoms with van der Waals surface area (Å²) >= 11 is 0. The van der Waals surface area contributed by atoms with Crippen molar-refractivity contribution in [2.24, 2.45) is 5.92 Å². The van der Waals surface area contributed by atoms with Crippen molar-refractivity contribution in [2.75, 3.05) is 6.54 Å². The fourth-order valence-electron chi connectivity index (χ4n) is 2.78. The summed E-state index contributed by atoms with van der Waals surface area (Å²) in [5.74, 6) is 1.18. The quantitative estimate of drug-likeness (QED) is 0.874. The molecule has 2 aromatic heterocycles. The Morgan fingerprint density at radius 1 is 1.33 bits per heavy atom. The molecule has 6 heteroatoms. The molecule has 0 amide bonds. The second kappa shape index (κ2) is 5.61. The summed E-state index contributed by atoms with van der Waals surface area (Å²) in [7, 11) is -3.55. The van der Waals surface area contributed by atoms with Gasteiger partial charge < -0.3 is 4.42 Å². The molecule has 112 valence electrons.